The Labute approximate surface area is 138 Å². The first kappa shape index (κ1) is 13.9. The molecule has 0 amide bonds. The van der Waals surface area contributed by atoms with Crippen molar-refractivity contribution in [2.45, 2.75) is 24.4 Å². The number of anilines is 1. The molecule has 1 aliphatic rings. The van der Waals surface area contributed by atoms with Gasteiger partial charge in [-0.15, -0.1) is 0 Å². The summed E-state index contributed by atoms with van der Waals surface area (Å²) in [7, 11) is 0. The third kappa shape index (κ3) is 2.78. The lowest BCUT2D eigenvalue weighted by Crippen LogP contribution is -2.01. The van der Waals surface area contributed by atoms with Crippen molar-refractivity contribution in [3.8, 4) is 0 Å². The predicted molar refractivity (Wildman–Crippen MR) is 91.2 cm³/mol. The molecular weight excluding hydrogens is 316 g/mol. The molecule has 0 bridgehead atoms. The zero-order valence-electron chi connectivity index (χ0n) is 11.9. The largest absolute Gasteiger partial charge is 0.324 e. The average molecular weight is 331 g/mol. The van der Waals surface area contributed by atoms with E-state index in [9.17, 15) is 0 Å². The van der Waals surface area contributed by atoms with Crippen molar-refractivity contribution in [2.24, 2.45) is 5.92 Å². The van der Waals surface area contributed by atoms with Crippen LogP contribution in [-0.4, -0.2) is 14.5 Å². The molecule has 1 N–H and O–H groups in total. The first-order chi connectivity index (χ1) is 10.8. The number of hydrogen-bond acceptors (Lipinski definition) is 4. The highest BCUT2D eigenvalue weighted by molar-refractivity contribution is 8.00. The second kappa shape index (κ2) is 5.82. The molecule has 112 valence electrons. The first-order valence-electron chi connectivity index (χ1n) is 7.27. The van der Waals surface area contributed by atoms with Crippen LogP contribution in [0.15, 0.2) is 48.0 Å². The van der Waals surface area contributed by atoms with E-state index in [1.165, 1.54) is 12.8 Å². The maximum atomic E-state index is 6.23. The van der Waals surface area contributed by atoms with Crippen LogP contribution in [0, 0.1) is 5.92 Å². The molecule has 0 saturated heterocycles. The van der Waals surface area contributed by atoms with E-state index in [2.05, 4.69) is 19.3 Å². The van der Waals surface area contributed by atoms with Crippen LogP contribution in [0.1, 0.15) is 12.8 Å². The molecular formula is C16H15ClN4S. The van der Waals surface area contributed by atoms with Gasteiger partial charge in [-0.2, -0.15) is 0 Å². The van der Waals surface area contributed by atoms with Gasteiger partial charge in [-0.3, -0.25) is 4.98 Å². The highest BCUT2D eigenvalue weighted by atomic mass is 35.5. The highest BCUT2D eigenvalue weighted by Crippen LogP contribution is 2.33. The van der Waals surface area contributed by atoms with Crippen molar-refractivity contribution in [1.29, 1.82) is 0 Å². The molecule has 6 heteroatoms. The number of halogens is 1. The summed E-state index contributed by atoms with van der Waals surface area (Å²) in [4.78, 5) is 8.70. The highest BCUT2D eigenvalue weighted by Gasteiger charge is 2.22. The number of pyridine rings is 1. The number of imidazole rings is 1. The Morgan fingerprint density at radius 2 is 2.23 bits per heavy atom. The normalized spacial score (nSPS) is 14.4. The predicted octanol–water partition coefficient (Wildman–Crippen LogP) is 4.61. The number of fused-ring (bicyclic) bond motifs is 1. The molecule has 2 heterocycles. The number of nitrogens with one attached hydrogen (secondary N) is 1. The van der Waals surface area contributed by atoms with E-state index in [0.717, 1.165) is 39.1 Å². The van der Waals surface area contributed by atoms with Gasteiger partial charge in [0.05, 0.1) is 28.8 Å². The van der Waals surface area contributed by atoms with E-state index in [4.69, 9.17) is 11.6 Å². The van der Waals surface area contributed by atoms with Gasteiger partial charge in [0.1, 0.15) is 5.03 Å². The van der Waals surface area contributed by atoms with Crippen molar-refractivity contribution in [3.63, 3.8) is 0 Å². The summed E-state index contributed by atoms with van der Waals surface area (Å²) >= 11 is 7.79. The molecule has 0 radical (unpaired) electrons. The van der Waals surface area contributed by atoms with E-state index < -0.39 is 0 Å². The maximum Gasteiger partial charge on any atom is 0.115 e. The molecule has 3 aromatic rings. The lowest BCUT2D eigenvalue weighted by atomic mass is 10.2. The van der Waals surface area contributed by atoms with Gasteiger partial charge in [0.15, 0.2) is 0 Å². The van der Waals surface area contributed by atoms with Crippen LogP contribution in [0.25, 0.3) is 10.9 Å². The fraction of sp³-hybridized carbons (Fsp3) is 0.250. The molecule has 22 heavy (non-hydrogen) atoms. The molecule has 1 saturated carbocycles. The van der Waals surface area contributed by atoms with Crippen molar-refractivity contribution < 1.29 is 0 Å². The molecule has 1 fully saturated rings. The molecule has 1 aliphatic carbocycles. The monoisotopic (exact) mass is 330 g/mol. The number of hydrogen-bond donors (Lipinski definition) is 1. The van der Waals surface area contributed by atoms with Crippen molar-refractivity contribution in [1.82, 2.24) is 14.5 Å². The summed E-state index contributed by atoms with van der Waals surface area (Å²) in [5.74, 6) is 0.826. The average Bonchev–Trinajstić information content (AvgIpc) is 3.25. The minimum atomic E-state index is 0.720. The van der Waals surface area contributed by atoms with Crippen LogP contribution in [0.5, 0.6) is 0 Å². The molecule has 0 aliphatic heterocycles. The Morgan fingerprint density at radius 3 is 3.09 bits per heavy atom. The molecule has 4 rings (SSSR count). The maximum absolute atomic E-state index is 6.23. The quantitative estimate of drug-likeness (QED) is 0.693. The van der Waals surface area contributed by atoms with E-state index in [-0.39, 0.29) is 0 Å². The zero-order chi connectivity index (χ0) is 14.9. The minimum Gasteiger partial charge on any atom is -0.324 e. The molecule has 2 aromatic heterocycles. The fourth-order valence-electron chi connectivity index (χ4n) is 2.44. The van der Waals surface area contributed by atoms with Crippen LogP contribution in [0.4, 0.5) is 5.69 Å². The fourth-order valence-corrected chi connectivity index (χ4v) is 3.38. The smallest absolute Gasteiger partial charge is 0.115 e. The third-order valence-corrected chi connectivity index (χ3v) is 5.01. The second-order valence-corrected chi connectivity index (χ2v) is 6.76. The summed E-state index contributed by atoms with van der Waals surface area (Å²) in [6, 6.07) is 7.75. The van der Waals surface area contributed by atoms with E-state index in [1.54, 1.807) is 18.1 Å². The molecule has 0 unspecified atom stereocenters. The van der Waals surface area contributed by atoms with E-state index >= 15 is 0 Å². The van der Waals surface area contributed by atoms with E-state index in [1.807, 2.05) is 36.8 Å². The molecule has 1 aromatic carbocycles. The summed E-state index contributed by atoms with van der Waals surface area (Å²) < 4.78 is 5.60. The SMILES string of the molecule is Clc1ccc(NSc2cncn2CC2CC2)c2ncccc12. The Balaban J connectivity index is 1.57. The first-order valence-corrected chi connectivity index (χ1v) is 8.47. The number of benzene rings is 1. The van der Waals surface area contributed by atoms with Gasteiger partial charge in [-0.25, -0.2) is 4.98 Å². The lowest BCUT2D eigenvalue weighted by molar-refractivity contribution is 0.589. The van der Waals surface area contributed by atoms with Crippen molar-refractivity contribution >= 4 is 40.1 Å². The van der Waals surface area contributed by atoms with Crippen LogP contribution >= 0.6 is 23.5 Å². The van der Waals surface area contributed by atoms with Gasteiger partial charge < -0.3 is 9.29 Å². The Hall–Kier alpha value is -1.72. The Morgan fingerprint density at radius 1 is 1.32 bits per heavy atom. The van der Waals surface area contributed by atoms with Gasteiger partial charge in [0, 0.05) is 30.1 Å². The summed E-state index contributed by atoms with van der Waals surface area (Å²) in [5, 5.41) is 2.80. The van der Waals surface area contributed by atoms with Crippen LogP contribution in [-0.2, 0) is 6.54 Å². The number of aromatic nitrogens is 3. The summed E-state index contributed by atoms with van der Waals surface area (Å²) in [5.41, 5.74) is 1.85. The van der Waals surface area contributed by atoms with Crippen LogP contribution in [0.2, 0.25) is 5.02 Å². The Kier molecular flexibility index (Phi) is 3.68. The number of nitrogens with zero attached hydrogens (tertiary/aromatic N) is 3. The van der Waals surface area contributed by atoms with E-state index in [0.29, 0.717) is 0 Å². The summed E-state index contributed by atoms with van der Waals surface area (Å²) in [6.07, 6.45) is 8.25. The van der Waals surface area contributed by atoms with Gasteiger partial charge in [0.2, 0.25) is 0 Å². The van der Waals surface area contributed by atoms with Crippen molar-refractivity contribution in [3.05, 3.63) is 48.0 Å². The van der Waals surface area contributed by atoms with Gasteiger partial charge in [0.25, 0.3) is 0 Å². The zero-order valence-corrected chi connectivity index (χ0v) is 13.4. The van der Waals surface area contributed by atoms with Crippen LogP contribution < -0.4 is 4.72 Å². The standard InChI is InChI=1S/C16H15ClN4S/c17-13-5-6-14(16-12(13)2-1-7-19-16)20-22-15-8-18-10-21(15)9-11-3-4-11/h1-2,5-8,10-11,20H,3-4,9H2. The number of rotatable bonds is 5. The third-order valence-electron chi connectivity index (χ3n) is 3.81. The van der Waals surface area contributed by atoms with Gasteiger partial charge >= 0.3 is 0 Å². The minimum absolute atomic E-state index is 0.720. The van der Waals surface area contributed by atoms with Crippen LogP contribution in [0.3, 0.4) is 0 Å². The molecule has 0 spiro atoms. The lowest BCUT2D eigenvalue weighted by Gasteiger charge is -2.10. The molecule has 4 nitrogen and oxygen atoms in total. The molecule has 0 atom stereocenters. The van der Waals surface area contributed by atoms with Gasteiger partial charge in [-0.1, -0.05) is 11.6 Å². The van der Waals surface area contributed by atoms with Crippen molar-refractivity contribution in [2.75, 3.05) is 4.72 Å². The van der Waals surface area contributed by atoms with Gasteiger partial charge in [-0.05, 0) is 43.0 Å². The summed E-state index contributed by atoms with van der Waals surface area (Å²) in [6.45, 7) is 1.06. The Bertz CT molecular complexity index is 813. The second-order valence-electron chi connectivity index (χ2n) is 5.53. The topological polar surface area (TPSA) is 42.7 Å².